The van der Waals surface area contributed by atoms with Crippen LogP contribution in [-0.4, -0.2) is 64.1 Å². The van der Waals surface area contributed by atoms with E-state index in [4.69, 9.17) is 10.2 Å². The quantitative estimate of drug-likeness (QED) is 0.318. The molecule has 0 aliphatic heterocycles. The van der Waals surface area contributed by atoms with E-state index in [-0.39, 0.29) is 5.92 Å². The van der Waals surface area contributed by atoms with Crippen molar-refractivity contribution < 1.29 is 84.9 Å². The van der Waals surface area contributed by atoms with Crippen LogP contribution in [0.1, 0.15) is 0 Å². The molecule has 0 atom stereocenters. The van der Waals surface area contributed by atoms with Crippen LogP contribution in [0.15, 0.2) is 0 Å². The molecule has 0 aromatic rings. The maximum Gasteiger partial charge on any atom is 0.390 e. The van der Waals surface area contributed by atoms with E-state index in [9.17, 15) is 74.6 Å². The van der Waals surface area contributed by atoms with Crippen LogP contribution in [0.4, 0.5) is 74.6 Å². The first kappa shape index (κ1) is 28.3. The lowest BCUT2D eigenvalue weighted by Crippen LogP contribution is -2.73. The molecule has 0 spiro atoms. The molecule has 0 bridgehead atoms. The van der Waals surface area contributed by atoms with Gasteiger partial charge in [0.1, 0.15) is 0 Å². The van der Waals surface area contributed by atoms with E-state index in [0.717, 1.165) is 0 Å². The Morgan fingerprint density at radius 3 is 1.07 bits per heavy atom. The maximum absolute atomic E-state index is 13.2. The Morgan fingerprint density at radius 1 is 0.467 bits per heavy atom. The molecule has 0 saturated heterocycles. The lowest BCUT2D eigenvalue weighted by atomic mass is 9.89. The fraction of sp³-hybridized carbons (Fsp3) is 0.818. The molecule has 30 heavy (non-hydrogen) atoms. The zero-order valence-electron chi connectivity index (χ0n) is 12.9. The van der Waals surface area contributed by atoms with Gasteiger partial charge in [0, 0.05) is 5.92 Å². The third-order valence-corrected chi connectivity index (χ3v) is 3.04. The van der Waals surface area contributed by atoms with Crippen LogP contribution in [0.3, 0.4) is 0 Å². The Hall–Kier alpha value is -1.71. The molecule has 0 radical (unpaired) electrons. The summed E-state index contributed by atoms with van der Waals surface area (Å²) in [6.07, 6.45) is -5.96. The van der Waals surface area contributed by atoms with Gasteiger partial charge in [-0.2, -0.15) is 65.9 Å². The Labute approximate surface area is 152 Å². The highest BCUT2D eigenvalue weighted by molar-refractivity contribution is 5.23. The van der Waals surface area contributed by atoms with Crippen LogP contribution >= 0.6 is 0 Å². The van der Waals surface area contributed by atoms with Crippen molar-refractivity contribution in [2.24, 2.45) is 0 Å². The lowest BCUT2D eigenvalue weighted by Gasteiger charge is -2.41. The predicted octanol–water partition coefficient (Wildman–Crippen LogP) is 4.31. The average molecular weight is 490 g/mol. The number of alkyl halides is 17. The molecule has 0 amide bonds. The van der Waals surface area contributed by atoms with Gasteiger partial charge in [-0.05, 0) is 5.92 Å². The van der Waals surface area contributed by atoms with Crippen molar-refractivity contribution in [3.05, 3.63) is 0 Å². The van der Waals surface area contributed by atoms with E-state index in [1.165, 1.54) is 0 Å². The highest BCUT2D eigenvalue weighted by Crippen LogP contribution is 2.62. The van der Waals surface area contributed by atoms with Gasteiger partial charge in [0.2, 0.25) is 0 Å². The molecule has 0 aromatic heterocycles. The van der Waals surface area contributed by atoms with Gasteiger partial charge < -0.3 is 10.2 Å². The third kappa shape index (κ3) is 3.94. The molecule has 0 saturated carbocycles. The van der Waals surface area contributed by atoms with Crippen LogP contribution in [-0.2, 0) is 0 Å². The first-order chi connectivity index (χ1) is 12.7. The number of hydrogen-bond acceptors (Lipinski definition) is 2. The molecule has 0 unspecified atom stereocenters. The Kier molecular flexibility index (Phi) is 6.76. The first-order valence-corrected chi connectivity index (χ1v) is 6.26. The van der Waals surface area contributed by atoms with E-state index in [2.05, 4.69) is 0 Å². The van der Waals surface area contributed by atoms with E-state index in [1.54, 1.807) is 0 Å². The van der Waals surface area contributed by atoms with Gasteiger partial charge in [-0.25, -0.2) is 8.78 Å². The monoisotopic (exact) mass is 490 g/mol. The fourth-order valence-electron chi connectivity index (χ4n) is 1.37. The molecule has 178 valence electrons. The molecule has 0 heterocycles. The number of hydrogen-bond donors (Lipinski definition) is 2. The van der Waals surface area contributed by atoms with Gasteiger partial charge in [0.25, 0.3) is 0 Å². The second-order valence-corrected chi connectivity index (χ2v) is 5.21. The largest absolute Gasteiger partial charge is 0.390 e. The molecule has 2 nitrogen and oxygen atoms in total. The van der Waals surface area contributed by atoms with Gasteiger partial charge in [-0.15, -0.1) is 0 Å². The summed E-state index contributed by atoms with van der Waals surface area (Å²) >= 11 is 0. The molecular weight excluding hydrogens is 487 g/mol. The minimum Gasteiger partial charge on any atom is -0.329 e. The Bertz CT molecular complexity index is 693. The molecule has 0 aromatic carbocycles. The summed E-state index contributed by atoms with van der Waals surface area (Å²) in [4.78, 5) is 0. The minimum absolute atomic E-state index is 0.369. The van der Waals surface area contributed by atoms with E-state index in [0.29, 0.717) is 0 Å². The van der Waals surface area contributed by atoms with Gasteiger partial charge in [0.05, 0.1) is 0 Å². The summed E-state index contributed by atoms with van der Waals surface area (Å²) in [6.45, 7) is 0. The van der Waals surface area contributed by atoms with Gasteiger partial charge in [-0.1, -0.05) is 0 Å². The van der Waals surface area contributed by atoms with E-state index in [1.807, 2.05) is 0 Å². The van der Waals surface area contributed by atoms with Crippen molar-refractivity contribution in [1.82, 2.24) is 0 Å². The SMILES string of the molecule is OC(O)(F)C#CC(F)(F)C(F)(F)C(F)(F)C(F)(F)C(F)(F)C(F)(F)C(F)(F)C(F)F. The first-order valence-electron chi connectivity index (χ1n) is 6.26. The van der Waals surface area contributed by atoms with Crippen molar-refractivity contribution >= 4 is 0 Å². The van der Waals surface area contributed by atoms with Crippen molar-refractivity contribution in [1.29, 1.82) is 0 Å². The van der Waals surface area contributed by atoms with Crippen molar-refractivity contribution in [2.45, 2.75) is 53.9 Å². The molecule has 0 aliphatic rings. The van der Waals surface area contributed by atoms with E-state index < -0.39 is 59.8 Å². The third-order valence-electron chi connectivity index (χ3n) is 3.04. The average Bonchev–Trinajstić information content (AvgIpc) is 2.51. The lowest BCUT2D eigenvalue weighted by molar-refractivity contribution is -0.443. The van der Waals surface area contributed by atoms with Crippen LogP contribution in [0.25, 0.3) is 0 Å². The molecule has 0 fully saturated rings. The van der Waals surface area contributed by atoms with Gasteiger partial charge >= 0.3 is 53.9 Å². The van der Waals surface area contributed by atoms with Crippen molar-refractivity contribution in [3.8, 4) is 11.8 Å². The summed E-state index contributed by atoms with van der Waals surface area (Å²) in [7, 11) is 0. The summed E-state index contributed by atoms with van der Waals surface area (Å²) in [5.41, 5.74) is 0. The molecular formula is C11H3F17O2. The second-order valence-electron chi connectivity index (χ2n) is 5.21. The molecule has 2 N–H and O–H groups in total. The number of aliphatic hydroxyl groups is 2. The molecule has 19 heteroatoms. The maximum atomic E-state index is 13.2. The number of halogens is 17. The van der Waals surface area contributed by atoms with E-state index >= 15 is 0 Å². The molecule has 0 rings (SSSR count). The summed E-state index contributed by atoms with van der Waals surface area (Å²) < 4.78 is 218. The normalized spacial score (nSPS) is 15.9. The smallest absolute Gasteiger partial charge is 0.329 e. The summed E-state index contributed by atoms with van der Waals surface area (Å²) in [5, 5.41) is 15.6. The Balaban J connectivity index is 6.70. The molecule has 0 aliphatic carbocycles. The minimum atomic E-state index is -8.61. The van der Waals surface area contributed by atoms with Crippen LogP contribution in [0.5, 0.6) is 0 Å². The fourth-order valence-corrected chi connectivity index (χ4v) is 1.37. The standard InChI is InChI=1S/C11H3F17O2/c12-3(13)6(17,18)8(21,22)10(25,26)11(27,28)9(23,24)7(19,20)4(14,15)1-2-5(16,29)30/h3,29-30H. The van der Waals surface area contributed by atoms with Crippen LogP contribution < -0.4 is 0 Å². The van der Waals surface area contributed by atoms with Gasteiger partial charge in [0.15, 0.2) is 0 Å². The number of rotatable bonds is 7. The summed E-state index contributed by atoms with van der Waals surface area (Å²) in [6, 6.07) is -5.17. The highest BCUT2D eigenvalue weighted by atomic mass is 19.4. The van der Waals surface area contributed by atoms with Crippen molar-refractivity contribution in [3.63, 3.8) is 0 Å². The van der Waals surface area contributed by atoms with Crippen LogP contribution in [0, 0.1) is 11.8 Å². The van der Waals surface area contributed by atoms with Crippen LogP contribution in [0.2, 0.25) is 0 Å². The predicted molar refractivity (Wildman–Crippen MR) is 56.7 cm³/mol. The Morgan fingerprint density at radius 2 is 0.767 bits per heavy atom. The second kappa shape index (κ2) is 7.17. The topological polar surface area (TPSA) is 40.5 Å². The van der Waals surface area contributed by atoms with Crippen molar-refractivity contribution in [2.75, 3.05) is 0 Å². The van der Waals surface area contributed by atoms with Gasteiger partial charge in [-0.3, -0.25) is 0 Å². The summed E-state index contributed by atoms with van der Waals surface area (Å²) in [5.74, 6) is -57.7. The zero-order chi connectivity index (χ0) is 25.0. The zero-order valence-corrected chi connectivity index (χ0v) is 12.9. The highest BCUT2D eigenvalue weighted by Gasteiger charge is 2.93.